The molecule has 0 aliphatic rings. The zero-order chi connectivity index (χ0) is 13.8. The van der Waals surface area contributed by atoms with Gasteiger partial charge in [-0.1, -0.05) is 13.3 Å². The minimum Gasteiger partial charge on any atom is -0.466 e. The highest BCUT2D eigenvalue weighted by Gasteiger charge is 2.07. The van der Waals surface area contributed by atoms with Gasteiger partial charge in [-0.25, -0.2) is 0 Å². The van der Waals surface area contributed by atoms with Gasteiger partial charge in [0, 0.05) is 19.4 Å². The number of esters is 1. The minimum atomic E-state index is -0.937. The van der Waals surface area contributed by atoms with Crippen LogP contribution < -0.4 is 5.32 Å². The van der Waals surface area contributed by atoms with Crippen molar-refractivity contribution in [2.75, 3.05) is 19.8 Å². The monoisotopic (exact) mass is 261 g/mol. The summed E-state index contributed by atoms with van der Waals surface area (Å²) in [7, 11) is 0. The normalized spacial score (nSPS) is 11.9. The molecule has 0 aliphatic carbocycles. The van der Waals surface area contributed by atoms with Gasteiger partial charge in [-0.05, 0) is 12.8 Å². The van der Waals surface area contributed by atoms with E-state index in [1.165, 1.54) is 0 Å². The molecule has 0 bridgehead atoms. The number of aliphatic hydroxyl groups is 2. The predicted octanol–water partition coefficient (Wildman–Crippen LogP) is -0.0306. The molecule has 1 atom stereocenters. The minimum absolute atomic E-state index is 0.0241. The van der Waals surface area contributed by atoms with E-state index in [4.69, 9.17) is 14.9 Å². The molecule has 1 amide bonds. The van der Waals surface area contributed by atoms with Crippen LogP contribution in [0.1, 0.15) is 39.0 Å². The molecule has 0 aliphatic heterocycles. The second-order valence-electron chi connectivity index (χ2n) is 4.07. The van der Waals surface area contributed by atoms with Crippen LogP contribution in [0, 0.1) is 0 Å². The molecule has 0 aromatic carbocycles. The van der Waals surface area contributed by atoms with Gasteiger partial charge in [-0.15, -0.1) is 0 Å². The summed E-state index contributed by atoms with van der Waals surface area (Å²) in [6.45, 7) is 2.09. The lowest BCUT2D eigenvalue weighted by molar-refractivity contribution is -0.143. The van der Waals surface area contributed by atoms with Crippen molar-refractivity contribution in [3.05, 3.63) is 0 Å². The fourth-order valence-corrected chi connectivity index (χ4v) is 1.18. The van der Waals surface area contributed by atoms with Crippen molar-refractivity contribution < 1.29 is 24.5 Å². The van der Waals surface area contributed by atoms with Gasteiger partial charge in [0.05, 0.1) is 19.3 Å². The number of rotatable bonds is 10. The average Bonchev–Trinajstić information content (AvgIpc) is 2.36. The Hall–Kier alpha value is -1.14. The van der Waals surface area contributed by atoms with Crippen molar-refractivity contribution in [2.24, 2.45) is 0 Å². The average molecular weight is 261 g/mol. The Morgan fingerprint density at radius 3 is 2.61 bits per heavy atom. The molecule has 0 saturated heterocycles. The van der Waals surface area contributed by atoms with Crippen LogP contribution in [0.5, 0.6) is 0 Å². The number of amides is 1. The molecule has 6 heteroatoms. The van der Waals surface area contributed by atoms with Gasteiger partial charge < -0.3 is 20.3 Å². The summed E-state index contributed by atoms with van der Waals surface area (Å²) in [5.74, 6) is -0.532. The van der Waals surface area contributed by atoms with Gasteiger partial charge in [-0.2, -0.15) is 0 Å². The number of aliphatic hydroxyl groups excluding tert-OH is 2. The number of nitrogens with one attached hydrogen (secondary N) is 1. The summed E-state index contributed by atoms with van der Waals surface area (Å²) in [5, 5.41) is 20.0. The molecule has 6 nitrogen and oxygen atoms in total. The van der Waals surface area contributed by atoms with E-state index >= 15 is 0 Å². The van der Waals surface area contributed by atoms with E-state index in [9.17, 15) is 9.59 Å². The Bertz CT molecular complexity index is 245. The number of ether oxygens (including phenoxy) is 1. The second kappa shape index (κ2) is 11.0. The van der Waals surface area contributed by atoms with Gasteiger partial charge in [-0.3, -0.25) is 9.59 Å². The van der Waals surface area contributed by atoms with E-state index < -0.39 is 6.10 Å². The van der Waals surface area contributed by atoms with Gasteiger partial charge >= 0.3 is 5.97 Å². The van der Waals surface area contributed by atoms with Crippen LogP contribution in [0.3, 0.4) is 0 Å². The Balaban J connectivity index is 3.47. The fraction of sp³-hybridized carbons (Fsp3) is 0.833. The Labute approximate surface area is 107 Å². The lowest BCUT2D eigenvalue weighted by Gasteiger charge is -2.08. The van der Waals surface area contributed by atoms with Gasteiger partial charge in [0.1, 0.15) is 0 Å². The largest absolute Gasteiger partial charge is 0.466 e. The first-order valence-corrected chi connectivity index (χ1v) is 6.31. The summed E-state index contributed by atoms with van der Waals surface area (Å²) >= 11 is 0. The Kier molecular flexibility index (Phi) is 10.3. The maximum Gasteiger partial charge on any atom is 0.305 e. The van der Waals surface area contributed by atoms with Crippen molar-refractivity contribution in [2.45, 2.75) is 45.1 Å². The molecule has 0 unspecified atom stereocenters. The SMILES string of the molecule is CCCCOC(=O)CCCC(=O)NC[C@@H](O)CO. The van der Waals surface area contributed by atoms with Crippen LogP contribution in [0.4, 0.5) is 0 Å². The standard InChI is InChI=1S/C12H23NO5/c1-2-3-7-18-12(17)6-4-5-11(16)13-8-10(15)9-14/h10,14-15H,2-9H2,1H3,(H,13,16)/t10-/m1/s1. The summed E-state index contributed by atoms with van der Waals surface area (Å²) < 4.78 is 4.94. The zero-order valence-electron chi connectivity index (χ0n) is 10.9. The molecule has 0 aromatic heterocycles. The van der Waals surface area contributed by atoms with E-state index in [1.807, 2.05) is 6.92 Å². The highest BCUT2D eigenvalue weighted by molar-refractivity contribution is 5.77. The topological polar surface area (TPSA) is 95.9 Å². The quantitative estimate of drug-likeness (QED) is 0.379. The van der Waals surface area contributed by atoms with Crippen molar-refractivity contribution in [3.8, 4) is 0 Å². The highest BCUT2D eigenvalue weighted by atomic mass is 16.5. The number of unbranched alkanes of at least 4 members (excludes halogenated alkanes) is 1. The van der Waals surface area contributed by atoms with Gasteiger partial charge in [0.25, 0.3) is 0 Å². The van der Waals surface area contributed by atoms with Crippen LogP contribution in [-0.2, 0) is 14.3 Å². The predicted molar refractivity (Wildman–Crippen MR) is 65.8 cm³/mol. The first-order valence-electron chi connectivity index (χ1n) is 6.31. The Morgan fingerprint density at radius 2 is 2.00 bits per heavy atom. The molecule has 0 heterocycles. The zero-order valence-corrected chi connectivity index (χ0v) is 10.9. The number of hydrogen-bond acceptors (Lipinski definition) is 5. The molecule has 106 valence electrons. The summed E-state index contributed by atoms with van der Waals surface area (Å²) in [4.78, 5) is 22.4. The third kappa shape index (κ3) is 10.0. The molecule has 0 rings (SSSR count). The van der Waals surface area contributed by atoms with E-state index in [0.29, 0.717) is 13.0 Å². The van der Waals surface area contributed by atoms with Crippen molar-refractivity contribution >= 4 is 11.9 Å². The highest BCUT2D eigenvalue weighted by Crippen LogP contribution is 1.99. The molecule has 18 heavy (non-hydrogen) atoms. The van der Waals surface area contributed by atoms with Crippen molar-refractivity contribution in [1.29, 1.82) is 0 Å². The number of carbonyl (C=O) groups is 2. The molecule has 0 fully saturated rings. The van der Waals surface area contributed by atoms with Gasteiger partial charge in [0.15, 0.2) is 0 Å². The fourth-order valence-electron chi connectivity index (χ4n) is 1.18. The Morgan fingerprint density at radius 1 is 1.28 bits per heavy atom. The summed E-state index contributed by atoms with van der Waals surface area (Å²) in [6.07, 6.45) is 1.74. The van der Waals surface area contributed by atoms with E-state index in [1.54, 1.807) is 0 Å². The van der Waals surface area contributed by atoms with E-state index in [-0.39, 0.29) is 37.9 Å². The molecule has 0 radical (unpaired) electrons. The third-order valence-electron chi connectivity index (χ3n) is 2.29. The maximum atomic E-state index is 11.2. The number of hydrogen-bond donors (Lipinski definition) is 3. The smallest absolute Gasteiger partial charge is 0.305 e. The molecular weight excluding hydrogens is 238 g/mol. The van der Waals surface area contributed by atoms with Crippen LogP contribution in [0.15, 0.2) is 0 Å². The first kappa shape index (κ1) is 16.9. The molecule has 0 aromatic rings. The van der Waals surface area contributed by atoms with E-state index in [2.05, 4.69) is 5.32 Å². The van der Waals surface area contributed by atoms with Crippen LogP contribution >= 0.6 is 0 Å². The number of carbonyl (C=O) groups excluding carboxylic acids is 2. The van der Waals surface area contributed by atoms with Crippen molar-refractivity contribution in [1.82, 2.24) is 5.32 Å². The lowest BCUT2D eigenvalue weighted by atomic mass is 10.2. The molecule has 0 spiro atoms. The molecule has 0 saturated carbocycles. The van der Waals surface area contributed by atoms with Gasteiger partial charge in [0.2, 0.25) is 5.91 Å². The summed E-state index contributed by atoms with van der Waals surface area (Å²) in [5.41, 5.74) is 0. The lowest BCUT2D eigenvalue weighted by Crippen LogP contribution is -2.33. The summed E-state index contributed by atoms with van der Waals surface area (Å²) in [6, 6.07) is 0. The molecular formula is C12H23NO5. The maximum absolute atomic E-state index is 11.2. The third-order valence-corrected chi connectivity index (χ3v) is 2.29. The molecule has 3 N–H and O–H groups in total. The van der Waals surface area contributed by atoms with Crippen LogP contribution in [-0.4, -0.2) is 48.0 Å². The van der Waals surface area contributed by atoms with E-state index in [0.717, 1.165) is 12.8 Å². The van der Waals surface area contributed by atoms with Crippen LogP contribution in [0.2, 0.25) is 0 Å². The first-order chi connectivity index (χ1) is 8.60. The van der Waals surface area contributed by atoms with Crippen LogP contribution in [0.25, 0.3) is 0 Å². The second-order valence-corrected chi connectivity index (χ2v) is 4.07. The van der Waals surface area contributed by atoms with Crippen molar-refractivity contribution in [3.63, 3.8) is 0 Å².